The third-order valence-electron chi connectivity index (χ3n) is 5.07. The minimum Gasteiger partial charge on any atom is -0.441 e. The molecule has 0 radical (unpaired) electrons. The fourth-order valence-electron chi connectivity index (χ4n) is 3.36. The molecule has 0 saturated carbocycles. The Hall–Kier alpha value is -2.23. The number of oxazole rings is 1. The van der Waals surface area contributed by atoms with Crippen LogP contribution in [0.1, 0.15) is 27.6 Å². The Kier molecular flexibility index (Phi) is 5.93. The summed E-state index contributed by atoms with van der Waals surface area (Å²) in [5, 5.41) is -2.62. The molecule has 0 aliphatic carbocycles. The van der Waals surface area contributed by atoms with Crippen molar-refractivity contribution in [2.75, 3.05) is 18.8 Å². The average Bonchev–Trinajstić information content (AvgIpc) is 3.21. The Morgan fingerprint density at radius 2 is 2.00 bits per heavy atom. The molecule has 6 nitrogen and oxygen atoms in total. The van der Waals surface area contributed by atoms with Crippen LogP contribution in [0.4, 0.5) is 4.39 Å². The molecule has 1 atom stereocenters. The molecular formula is C21H17BrClFN2O4S. The molecule has 0 bridgehead atoms. The molecule has 4 rings (SSSR count). The van der Waals surface area contributed by atoms with Crippen LogP contribution in [-0.2, 0) is 21.3 Å². The zero-order chi connectivity index (χ0) is 22.2. The molecule has 2 aromatic carbocycles. The van der Waals surface area contributed by atoms with E-state index in [1.807, 2.05) is 30.3 Å². The van der Waals surface area contributed by atoms with Crippen LogP contribution >= 0.6 is 27.5 Å². The van der Waals surface area contributed by atoms with E-state index in [-0.39, 0.29) is 12.1 Å². The third kappa shape index (κ3) is 4.26. The second-order valence-electron chi connectivity index (χ2n) is 7.20. The van der Waals surface area contributed by atoms with Crippen molar-refractivity contribution in [3.63, 3.8) is 0 Å². The minimum absolute atomic E-state index is 0.141. The van der Waals surface area contributed by atoms with Gasteiger partial charge >= 0.3 is 5.00 Å². The number of sulfone groups is 1. The number of carbonyl (C=O) groups is 1. The number of benzene rings is 2. The summed E-state index contributed by atoms with van der Waals surface area (Å²) in [6, 6.07) is 13.9. The number of alkyl halides is 1. The summed E-state index contributed by atoms with van der Waals surface area (Å²) in [5.41, 5.74) is 1.14. The summed E-state index contributed by atoms with van der Waals surface area (Å²) in [6.45, 7) is -0.856. The highest BCUT2D eigenvalue weighted by molar-refractivity contribution is 9.10. The average molecular weight is 528 g/mol. The molecule has 1 fully saturated rings. The monoisotopic (exact) mass is 526 g/mol. The van der Waals surface area contributed by atoms with E-state index in [9.17, 15) is 13.2 Å². The number of rotatable bonds is 4. The van der Waals surface area contributed by atoms with Crippen molar-refractivity contribution in [2.24, 2.45) is 0 Å². The van der Waals surface area contributed by atoms with E-state index in [1.54, 1.807) is 6.07 Å². The van der Waals surface area contributed by atoms with Gasteiger partial charge in [0.25, 0.3) is 5.91 Å². The van der Waals surface area contributed by atoms with Gasteiger partial charge in [0.05, 0.1) is 23.5 Å². The van der Waals surface area contributed by atoms with Crippen molar-refractivity contribution in [3.8, 4) is 0 Å². The van der Waals surface area contributed by atoms with E-state index in [4.69, 9.17) is 16.0 Å². The second kappa shape index (κ2) is 8.37. The number of amides is 1. The number of aromatic nitrogens is 1. The van der Waals surface area contributed by atoms with Gasteiger partial charge in [0.2, 0.25) is 5.89 Å². The van der Waals surface area contributed by atoms with Crippen molar-refractivity contribution in [1.82, 2.24) is 9.88 Å². The van der Waals surface area contributed by atoms with Gasteiger partial charge in [-0.3, -0.25) is 4.79 Å². The Morgan fingerprint density at radius 3 is 2.71 bits per heavy atom. The van der Waals surface area contributed by atoms with E-state index in [0.717, 1.165) is 10.5 Å². The number of hydrogen-bond acceptors (Lipinski definition) is 5. The molecule has 3 aromatic rings. The van der Waals surface area contributed by atoms with Gasteiger partial charge in [0, 0.05) is 23.0 Å². The van der Waals surface area contributed by atoms with E-state index in [2.05, 4.69) is 20.9 Å². The SMILES string of the molecule is O=C(c1ccc(Br)c(Cl)c1)N1CCS(=O)(=O)[C@@](F)(c2ncc(Cc3ccccc3)o2)C1. The maximum absolute atomic E-state index is 15.9. The van der Waals surface area contributed by atoms with E-state index < -0.39 is 38.9 Å². The van der Waals surface area contributed by atoms with Crippen LogP contribution in [0.5, 0.6) is 0 Å². The van der Waals surface area contributed by atoms with E-state index >= 15 is 4.39 Å². The van der Waals surface area contributed by atoms with Gasteiger partial charge in [-0.25, -0.2) is 17.8 Å². The standard InChI is InChI=1S/C21H17BrClFN2O4S/c22-17-7-6-15(11-18(17)23)19(27)26-8-9-31(28,29)21(24,13-26)20-25-12-16(30-20)10-14-4-2-1-3-5-14/h1-7,11-12H,8-10,13H2/t21-/m1/s1. The Morgan fingerprint density at radius 1 is 1.26 bits per heavy atom. The van der Waals surface area contributed by atoms with Crippen LogP contribution in [0, 0.1) is 0 Å². The normalized spacial score (nSPS) is 20.5. The van der Waals surface area contributed by atoms with Gasteiger partial charge in [0.15, 0.2) is 9.84 Å². The van der Waals surface area contributed by atoms with Crippen molar-refractivity contribution in [3.05, 3.63) is 87.0 Å². The van der Waals surface area contributed by atoms with Crippen LogP contribution in [0.15, 0.2) is 63.6 Å². The number of nitrogens with zero attached hydrogens (tertiary/aromatic N) is 2. The molecule has 31 heavy (non-hydrogen) atoms. The lowest BCUT2D eigenvalue weighted by atomic mass is 10.1. The first-order valence-electron chi connectivity index (χ1n) is 9.34. The van der Waals surface area contributed by atoms with Gasteiger partial charge in [0.1, 0.15) is 5.76 Å². The quantitative estimate of drug-likeness (QED) is 0.503. The summed E-state index contributed by atoms with van der Waals surface area (Å²) in [6.07, 6.45) is 1.65. The fourth-order valence-corrected chi connectivity index (χ4v) is 5.28. The third-order valence-corrected chi connectivity index (χ3v) is 8.31. The molecule has 162 valence electrons. The van der Waals surface area contributed by atoms with E-state index in [0.29, 0.717) is 21.7 Å². The Bertz CT molecular complexity index is 1240. The molecule has 1 amide bonds. The van der Waals surface area contributed by atoms with Crippen molar-refractivity contribution in [1.29, 1.82) is 0 Å². The highest BCUT2D eigenvalue weighted by Crippen LogP contribution is 2.37. The first-order valence-corrected chi connectivity index (χ1v) is 12.2. The fraction of sp³-hybridized carbons (Fsp3) is 0.238. The van der Waals surface area contributed by atoms with Crippen LogP contribution < -0.4 is 0 Å². The predicted octanol–water partition coefficient (Wildman–Crippen LogP) is 4.37. The van der Waals surface area contributed by atoms with E-state index in [1.165, 1.54) is 18.3 Å². The van der Waals surface area contributed by atoms with Gasteiger partial charge in [-0.15, -0.1) is 0 Å². The highest BCUT2D eigenvalue weighted by Gasteiger charge is 2.55. The molecule has 2 heterocycles. The summed E-state index contributed by atoms with van der Waals surface area (Å²) in [7, 11) is -4.25. The van der Waals surface area contributed by atoms with Crippen LogP contribution in [0.3, 0.4) is 0 Å². The molecule has 0 unspecified atom stereocenters. The maximum atomic E-state index is 15.9. The number of hydrogen-bond donors (Lipinski definition) is 0. The maximum Gasteiger partial charge on any atom is 0.302 e. The van der Waals surface area contributed by atoms with Gasteiger partial charge < -0.3 is 9.32 Å². The number of carbonyl (C=O) groups excluding carboxylic acids is 1. The summed E-state index contributed by atoms with van der Waals surface area (Å²) in [4.78, 5) is 17.9. The summed E-state index contributed by atoms with van der Waals surface area (Å²) in [5.74, 6) is -1.31. The molecule has 10 heteroatoms. The van der Waals surface area contributed by atoms with Crippen LogP contribution in [0.25, 0.3) is 0 Å². The zero-order valence-electron chi connectivity index (χ0n) is 16.1. The number of halogens is 3. The second-order valence-corrected chi connectivity index (χ2v) is 10.7. The lowest BCUT2D eigenvalue weighted by molar-refractivity contribution is 0.0633. The molecule has 1 aliphatic heterocycles. The molecule has 0 spiro atoms. The van der Waals surface area contributed by atoms with Crippen molar-refractivity contribution < 1.29 is 22.0 Å². The topological polar surface area (TPSA) is 80.5 Å². The van der Waals surface area contributed by atoms with Gasteiger partial charge in [-0.1, -0.05) is 41.9 Å². The first kappa shape index (κ1) is 22.0. The zero-order valence-corrected chi connectivity index (χ0v) is 19.3. The van der Waals surface area contributed by atoms with Crippen molar-refractivity contribution in [2.45, 2.75) is 11.4 Å². The summed E-state index contributed by atoms with van der Waals surface area (Å²) >= 11 is 9.30. The lowest BCUT2D eigenvalue weighted by Crippen LogP contribution is -2.53. The van der Waals surface area contributed by atoms with Crippen LogP contribution in [0.2, 0.25) is 5.02 Å². The predicted molar refractivity (Wildman–Crippen MR) is 117 cm³/mol. The van der Waals surface area contributed by atoms with Crippen LogP contribution in [-0.4, -0.2) is 43.1 Å². The summed E-state index contributed by atoms with van der Waals surface area (Å²) < 4.78 is 47.3. The molecular weight excluding hydrogens is 511 g/mol. The minimum atomic E-state index is -4.25. The smallest absolute Gasteiger partial charge is 0.302 e. The Balaban J connectivity index is 1.61. The van der Waals surface area contributed by atoms with Crippen molar-refractivity contribution >= 4 is 43.3 Å². The lowest BCUT2D eigenvalue weighted by Gasteiger charge is -2.35. The van der Waals surface area contributed by atoms with Gasteiger partial charge in [-0.2, -0.15) is 0 Å². The molecule has 1 saturated heterocycles. The Labute approximate surface area is 192 Å². The highest BCUT2D eigenvalue weighted by atomic mass is 79.9. The molecule has 0 N–H and O–H groups in total. The first-order chi connectivity index (χ1) is 14.7. The largest absolute Gasteiger partial charge is 0.441 e. The molecule has 1 aliphatic rings. The molecule has 1 aromatic heterocycles. The van der Waals surface area contributed by atoms with Gasteiger partial charge in [-0.05, 0) is 39.7 Å².